The number of hydrogen-bond donors (Lipinski definition) is 1. The zero-order chi connectivity index (χ0) is 4.99. The Balaban J connectivity index is 0. The molecule has 0 spiro atoms. The van der Waals surface area contributed by atoms with E-state index in [0.29, 0.717) is 6.04 Å². The Labute approximate surface area is 48.1 Å². The molecule has 0 aliphatic heterocycles. The summed E-state index contributed by atoms with van der Waals surface area (Å²) < 4.78 is 0. The van der Waals surface area contributed by atoms with Crippen molar-refractivity contribution in [3.63, 3.8) is 0 Å². The quantitative estimate of drug-likeness (QED) is 0.499. The maximum Gasteiger partial charge on any atom is 0.00102 e. The second-order valence-corrected chi connectivity index (χ2v) is 1.71. The number of rotatable bonds is 2. The van der Waals surface area contributed by atoms with Crippen molar-refractivity contribution in [1.29, 1.82) is 0 Å². The maximum absolute atomic E-state index is 3.21. The highest BCUT2D eigenvalue weighted by atomic mass is 14.9. The van der Waals surface area contributed by atoms with Crippen LogP contribution in [0.4, 0.5) is 0 Å². The van der Waals surface area contributed by atoms with Crippen LogP contribution >= 0.6 is 0 Å². The largest absolute Gasteiger partial charge is 0.315 e. The molecule has 0 fully saturated rings. The molecule has 41 valence electrons. The van der Waals surface area contributed by atoms with Crippen molar-refractivity contribution in [3.8, 4) is 0 Å². The van der Waals surface area contributed by atoms with E-state index < -0.39 is 0 Å². The van der Waals surface area contributed by atoms with Crippen LogP contribution < -0.4 is 5.32 Å². The van der Waals surface area contributed by atoms with Crippen LogP contribution in [0.2, 0.25) is 0 Å². The lowest BCUT2D eigenvalue weighted by molar-refractivity contribution is 0.613. The zero-order valence-corrected chi connectivity index (χ0v) is 5.36. The smallest absolute Gasteiger partial charge is 0.00102 e. The van der Waals surface area contributed by atoms with Gasteiger partial charge in [-0.2, -0.15) is 0 Å². The summed E-state index contributed by atoms with van der Waals surface area (Å²) in [6.45, 7) is 7.48. The Kier molecular flexibility index (Phi) is 8.69. The van der Waals surface area contributed by atoms with Crippen LogP contribution in [0.1, 0.15) is 20.8 Å². The van der Waals surface area contributed by atoms with Gasteiger partial charge in [-0.25, -0.2) is 0 Å². The van der Waals surface area contributed by atoms with Crippen LogP contribution in [0, 0.1) is 0 Å². The van der Waals surface area contributed by atoms with E-state index in [-0.39, 0.29) is 8.41 Å². The van der Waals surface area contributed by atoms with Crippen LogP contribution in [-0.2, 0) is 0 Å². The van der Waals surface area contributed by atoms with Crippen molar-refractivity contribution >= 4 is 8.41 Å². The average Bonchev–Trinajstić information content (AvgIpc) is 1.35. The van der Waals surface area contributed by atoms with Crippen LogP contribution in [0.25, 0.3) is 0 Å². The van der Waals surface area contributed by atoms with Gasteiger partial charge in [0.15, 0.2) is 0 Å². The third kappa shape index (κ3) is 10.7. The first-order valence-corrected chi connectivity index (χ1v) is 2.50. The molecule has 2 heteroatoms. The first-order valence-electron chi connectivity index (χ1n) is 2.50. The minimum atomic E-state index is 0. The third-order valence-electron chi connectivity index (χ3n) is 0.612. The van der Waals surface area contributed by atoms with Gasteiger partial charge in [-0.1, -0.05) is 20.8 Å². The van der Waals surface area contributed by atoms with E-state index in [2.05, 4.69) is 26.1 Å². The minimum Gasteiger partial charge on any atom is -0.315 e. The van der Waals surface area contributed by atoms with Gasteiger partial charge in [-0.15, -0.1) is 0 Å². The van der Waals surface area contributed by atoms with E-state index >= 15 is 0 Å². The molecular weight excluding hydrogens is 84.9 g/mol. The Hall–Kier alpha value is 0.0249. The maximum atomic E-state index is 3.21. The van der Waals surface area contributed by atoms with E-state index in [1.807, 2.05) is 0 Å². The molecule has 0 atom stereocenters. The fraction of sp³-hybridized carbons (Fsp3) is 1.00. The second-order valence-electron chi connectivity index (χ2n) is 1.71. The highest BCUT2D eigenvalue weighted by molar-refractivity contribution is 5.75. The molecule has 0 unspecified atom stereocenters. The van der Waals surface area contributed by atoms with E-state index in [1.165, 1.54) is 0 Å². The van der Waals surface area contributed by atoms with Gasteiger partial charge in [0.25, 0.3) is 0 Å². The van der Waals surface area contributed by atoms with Gasteiger partial charge in [0.05, 0.1) is 0 Å². The zero-order valence-electron chi connectivity index (χ0n) is 5.36. The standard InChI is InChI=1S/C5H13N.B/c1-4-6-5(2)3;/h5-6H,4H2,1-3H3;. The van der Waals surface area contributed by atoms with Crippen LogP contribution in [0.3, 0.4) is 0 Å². The first kappa shape index (κ1) is 10.1. The van der Waals surface area contributed by atoms with Crippen molar-refractivity contribution < 1.29 is 0 Å². The Morgan fingerprint density at radius 3 is 1.86 bits per heavy atom. The highest BCUT2D eigenvalue weighted by Gasteiger charge is 1.82. The fourth-order valence-corrected chi connectivity index (χ4v) is 0.408. The lowest BCUT2D eigenvalue weighted by atomic mass is 10.4. The summed E-state index contributed by atoms with van der Waals surface area (Å²) in [6, 6.07) is 0.648. The fourth-order valence-electron chi connectivity index (χ4n) is 0.408. The normalized spacial score (nSPS) is 8.57. The Morgan fingerprint density at radius 1 is 1.43 bits per heavy atom. The minimum absolute atomic E-state index is 0. The summed E-state index contributed by atoms with van der Waals surface area (Å²) >= 11 is 0. The van der Waals surface area contributed by atoms with E-state index in [0.717, 1.165) is 6.54 Å². The third-order valence-corrected chi connectivity index (χ3v) is 0.612. The first-order chi connectivity index (χ1) is 2.77. The molecule has 0 saturated carbocycles. The van der Waals surface area contributed by atoms with Crippen molar-refractivity contribution in [3.05, 3.63) is 0 Å². The molecule has 0 amide bonds. The van der Waals surface area contributed by atoms with Gasteiger partial charge in [-0.3, -0.25) is 0 Å². The van der Waals surface area contributed by atoms with E-state index in [9.17, 15) is 0 Å². The summed E-state index contributed by atoms with van der Waals surface area (Å²) in [5.41, 5.74) is 0. The molecular formula is C5H13BN. The van der Waals surface area contributed by atoms with E-state index in [1.54, 1.807) is 0 Å². The highest BCUT2D eigenvalue weighted by Crippen LogP contribution is 1.70. The SMILES string of the molecule is CCNC(C)C.[B]. The lowest BCUT2D eigenvalue weighted by Gasteiger charge is -2.00. The molecule has 0 rings (SSSR count). The summed E-state index contributed by atoms with van der Waals surface area (Å²) in [5, 5.41) is 3.21. The van der Waals surface area contributed by atoms with Crippen LogP contribution in [0.5, 0.6) is 0 Å². The molecule has 0 aliphatic rings. The lowest BCUT2D eigenvalue weighted by Crippen LogP contribution is -2.21. The molecule has 0 aromatic rings. The molecule has 1 N–H and O–H groups in total. The number of nitrogens with one attached hydrogen (secondary N) is 1. The van der Waals surface area contributed by atoms with Gasteiger partial charge >= 0.3 is 0 Å². The molecule has 0 aromatic heterocycles. The second kappa shape index (κ2) is 6.02. The number of hydrogen-bond acceptors (Lipinski definition) is 1. The molecule has 0 aromatic carbocycles. The monoisotopic (exact) mass is 98.1 g/mol. The molecule has 1 nitrogen and oxygen atoms in total. The van der Waals surface area contributed by atoms with Gasteiger partial charge in [0, 0.05) is 14.5 Å². The van der Waals surface area contributed by atoms with Crippen LogP contribution in [-0.4, -0.2) is 21.0 Å². The summed E-state index contributed by atoms with van der Waals surface area (Å²) in [4.78, 5) is 0. The predicted octanol–water partition coefficient (Wildman–Crippen LogP) is 0.623. The summed E-state index contributed by atoms with van der Waals surface area (Å²) in [6.07, 6.45) is 0. The topological polar surface area (TPSA) is 12.0 Å². The molecule has 0 aliphatic carbocycles. The summed E-state index contributed by atoms with van der Waals surface area (Å²) in [5.74, 6) is 0. The van der Waals surface area contributed by atoms with Gasteiger partial charge in [0.2, 0.25) is 0 Å². The Bertz CT molecular complexity index is 29.3. The van der Waals surface area contributed by atoms with Gasteiger partial charge in [0.1, 0.15) is 0 Å². The van der Waals surface area contributed by atoms with Gasteiger partial charge < -0.3 is 5.32 Å². The van der Waals surface area contributed by atoms with E-state index in [4.69, 9.17) is 0 Å². The van der Waals surface area contributed by atoms with Crippen molar-refractivity contribution in [2.75, 3.05) is 6.54 Å². The predicted molar refractivity (Wildman–Crippen MR) is 34.6 cm³/mol. The summed E-state index contributed by atoms with van der Waals surface area (Å²) in [7, 11) is 0. The average molecular weight is 98.0 g/mol. The molecule has 3 radical (unpaired) electrons. The van der Waals surface area contributed by atoms with Crippen molar-refractivity contribution in [2.45, 2.75) is 26.8 Å². The van der Waals surface area contributed by atoms with Gasteiger partial charge in [-0.05, 0) is 6.54 Å². The van der Waals surface area contributed by atoms with Crippen molar-refractivity contribution in [1.82, 2.24) is 5.32 Å². The van der Waals surface area contributed by atoms with Crippen molar-refractivity contribution in [2.24, 2.45) is 0 Å². The van der Waals surface area contributed by atoms with Crippen LogP contribution in [0.15, 0.2) is 0 Å². The molecule has 0 bridgehead atoms. The molecule has 0 saturated heterocycles. The molecule has 7 heavy (non-hydrogen) atoms. The Morgan fingerprint density at radius 2 is 1.86 bits per heavy atom. The molecule has 0 heterocycles.